The molecule has 0 fully saturated rings. The zero-order valence-corrected chi connectivity index (χ0v) is 15.4. The van der Waals surface area contributed by atoms with Crippen molar-refractivity contribution in [2.45, 2.75) is 18.9 Å². The fourth-order valence-electron chi connectivity index (χ4n) is 3.42. The largest absolute Gasteiger partial charge is 0.491 e. The van der Waals surface area contributed by atoms with E-state index in [1.165, 1.54) is 0 Å². The Kier molecular flexibility index (Phi) is 4.62. The number of fused-ring (bicyclic) bond motifs is 1. The van der Waals surface area contributed by atoms with Gasteiger partial charge in [0.2, 0.25) is 5.91 Å². The molecule has 1 unspecified atom stereocenters. The summed E-state index contributed by atoms with van der Waals surface area (Å²) in [5.41, 5.74) is 2.85. The summed E-state index contributed by atoms with van der Waals surface area (Å²) in [5, 5.41) is 8.90. The Bertz CT molecular complexity index is 933. The van der Waals surface area contributed by atoms with Crippen molar-refractivity contribution in [3.05, 3.63) is 59.9 Å². The minimum absolute atomic E-state index is 0.0165. The van der Waals surface area contributed by atoms with Gasteiger partial charge in [0.25, 0.3) is 0 Å². The van der Waals surface area contributed by atoms with Gasteiger partial charge in [0, 0.05) is 51.3 Å². The van der Waals surface area contributed by atoms with Crippen molar-refractivity contribution in [2.75, 3.05) is 13.2 Å². The predicted octanol–water partition coefficient (Wildman–Crippen LogP) is 1.30. The van der Waals surface area contributed by atoms with Crippen LogP contribution in [0.4, 0.5) is 0 Å². The van der Waals surface area contributed by atoms with E-state index in [4.69, 9.17) is 4.74 Å². The second-order valence-electron chi connectivity index (χ2n) is 6.84. The summed E-state index contributed by atoms with van der Waals surface area (Å²) < 4.78 is 9.41. The first-order valence-electron chi connectivity index (χ1n) is 8.90. The molecule has 140 valence electrons. The Hall–Kier alpha value is -3.16. The molecule has 1 aliphatic rings. The second-order valence-corrected chi connectivity index (χ2v) is 6.84. The van der Waals surface area contributed by atoms with Crippen molar-refractivity contribution in [2.24, 2.45) is 14.1 Å². The number of nitrogens with zero attached hydrogens (tertiary/aromatic N) is 6. The Labute approximate surface area is 157 Å². The van der Waals surface area contributed by atoms with Crippen molar-refractivity contribution >= 4 is 5.91 Å². The van der Waals surface area contributed by atoms with Crippen molar-refractivity contribution < 1.29 is 9.53 Å². The van der Waals surface area contributed by atoms with Crippen LogP contribution in [0.3, 0.4) is 0 Å². The van der Waals surface area contributed by atoms with E-state index in [2.05, 4.69) is 15.2 Å². The summed E-state index contributed by atoms with van der Waals surface area (Å²) in [4.78, 5) is 18.8. The van der Waals surface area contributed by atoms with Crippen LogP contribution in [0.2, 0.25) is 0 Å². The van der Waals surface area contributed by atoms with Crippen LogP contribution in [0, 0.1) is 0 Å². The standard InChI is InChI=1S/C19H22N6O2/c1-23-7-5-16(21-23)8-18(26)25-11-14-10-24(2)22-19(14)15(12-25)13-27-17-4-3-6-20-9-17/h3-7,9-10,15H,8,11-13H2,1-2H3. The first-order valence-corrected chi connectivity index (χ1v) is 8.90. The number of aryl methyl sites for hydroxylation is 2. The molecule has 1 amide bonds. The number of ether oxygens (including phenoxy) is 1. The third kappa shape index (κ3) is 3.84. The number of carbonyl (C=O) groups is 1. The summed E-state index contributed by atoms with van der Waals surface area (Å²) in [7, 11) is 3.75. The van der Waals surface area contributed by atoms with Crippen molar-refractivity contribution in [1.29, 1.82) is 0 Å². The molecule has 1 aliphatic heterocycles. The topological polar surface area (TPSA) is 78.1 Å². The van der Waals surface area contributed by atoms with Gasteiger partial charge in [0.05, 0.1) is 36.5 Å². The number of aromatic nitrogens is 5. The molecule has 0 radical (unpaired) electrons. The SMILES string of the molecule is Cn1ccc(CC(=O)N2Cc3cn(C)nc3C(COc3cccnc3)C2)n1. The van der Waals surface area contributed by atoms with Gasteiger partial charge in [-0.15, -0.1) is 0 Å². The quantitative estimate of drug-likeness (QED) is 0.680. The van der Waals surface area contributed by atoms with E-state index in [0.717, 1.165) is 17.0 Å². The summed E-state index contributed by atoms with van der Waals surface area (Å²) in [6.45, 7) is 1.59. The molecule has 0 aromatic carbocycles. The third-order valence-corrected chi connectivity index (χ3v) is 4.67. The van der Waals surface area contributed by atoms with Crippen molar-refractivity contribution in [1.82, 2.24) is 29.4 Å². The molecule has 3 aromatic rings. The maximum Gasteiger partial charge on any atom is 0.228 e. The van der Waals surface area contributed by atoms with Crippen LogP contribution in [0.1, 0.15) is 22.9 Å². The highest BCUT2D eigenvalue weighted by atomic mass is 16.5. The van der Waals surface area contributed by atoms with E-state index in [1.807, 2.05) is 49.6 Å². The molecule has 8 heteroatoms. The van der Waals surface area contributed by atoms with Gasteiger partial charge in [-0.3, -0.25) is 19.1 Å². The lowest BCUT2D eigenvalue weighted by molar-refractivity contribution is -0.132. The molecule has 0 N–H and O–H groups in total. The van der Waals surface area contributed by atoms with E-state index in [9.17, 15) is 4.79 Å². The van der Waals surface area contributed by atoms with Crippen LogP contribution in [-0.4, -0.2) is 48.5 Å². The van der Waals surface area contributed by atoms with Crippen LogP contribution in [-0.2, 0) is 31.9 Å². The maximum atomic E-state index is 12.8. The first kappa shape index (κ1) is 17.3. The molecule has 1 atom stereocenters. The van der Waals surface area contributed by atoms with E-state index >= 15 is 0 Å². The number of pyridine rings is 1. The highest BCUT2D eigenvalue weighted by molar-refractivity contribution is 5.78. The van der Waals surface area contributed by atoms with Gasteiger partial charge in [0.15, 0.2) is 0 Å². The molecule has 0 saturated carbocycles. The van der Waals surface area contributed by atoms with E-state index in [1.54, 1.807) is 21.8 Å². The molecule has 3 aromatic heterocycles. The Morgan fingerprint density at radius 1 is 1.26 bits per heavy atom. The highest BCUT2D eigenvalue weighted by Gasteiger charge is 2.31. The van der Waals surface area contributed by atoms with Crippen molar-refractivity contribution in [3.8, 4) is 5.75 Å². The summed E-state index contributed by atoms with van der Waals surface area (Å²) in [5.74, 6) is 0.796. The molecule has 0 saturated heterocycles. The van der Waals surface area contributed by atoms with Gasteiger partial charge in [-0.1, -0.05) is 0 Å². The maximum absolute atomic E-state index is 12.8. The monoisotopic (exact) mass is 366 g/mol. The van der Waals surface area contributed by atoms with Crippen LogP contribution in [0.25, 0.3) is 0 Å². The number of carbonyl (C=O) groups excluding carboxylic acids is 1. The fraction of sp³-hybridized carbons (Fsp3) is 0.368. The number of amides is 1. The van der Waals surface area contributed by atoms with E-state index in [0.29, 0.717) is 31.9 Å². The average Bonchev–Trinajstić information content (AvgIpc) is 3.24. The lowest BCUT2D eigenvalue weighted by atomic mass is 9.97. The van der Waals surface area contributed by atoms with Gasteiger partial charge in [-0.25, -0.2) is 0 Å². The number of hydrogen-bond acceptors (Lipinski definition) is 5. The van der Waals surface area contributed by atoms with Crippen LogP contribution in [0.15, 0.2) is 43.0 Å². The molecule has 0 bridgehead atoms. The molecular formula is C19H22N6O2. The zero-order valence-electron chi connectivity index (χ0n) is 15.4. The third-order valence-electron chi connectivity index (χ3n) is 4.67. The molecule has 4 heterocycles. The number of hydrogen-bond donors (Lipinski definition) is 0. The minimum atomic E-state index is 0.0165. The van der Waals surface area contributed by atoms with Gasteiger partial charge in [0.1, 0.15) is 5.75 Å². The Balaban J connectivity index is 1.49. The predicted molar refractivity (Wildman–Crippen MR) is 98.0 cm³/mol. The van der Waals surface area contributed by atoms with E-state index < -0.39 is 0 Å². The molecular weight excluding hydrogens is 344 g/mol. The second kappa shape index (κ2) is 7.22. The molecule has 8 nitrogen and oxygen atoms in total. The summed E-state index contributed by atoms with van der Waals surface area (Å²) in [6, 6.07) is 5.59. The molecule has 0 aliphatic carbocycles. The zero-order chi connectivity index (χ0) is 18.8. The lowest BCUT2D eigenvalue weighted by Crippen LogP contribution is -2.40. The smallest absolute Gasteiger partial charge is 0.228 e. The molecule has 4 rings (SSSR count). The van der Waals surface area contributed by atoms with Crippen LogP contribution >= 0.6 is 0 Å². The fourth-order valence-corrected chi connectivity index (χ4v) is 3.42. The molecule has 0 spiro atoms. The highest BCUT2D eigenvalue weighted by Crippen LogP contribution is 2.28. The first-order chi connectivity index (χ1) is 13.1. The van der Waals surface area contributed by atoms with Gasteiger partial charge in [-0.2, -0.15) is 10.2 Å². The van der Waals surface area contributed by atoms with Crippen LogP contribution < -0.4 is 4.74 Å². The summed E-state index contributed by atoms with van der Waals surface area (Å²) >= 11 is 0. The normalized spacial score (nSPS) is 16.2. The Morgan fingerprint density at radius 3 is 2.89 bits per heavy atom. The Morgan fingerprint density at radius 2 is 2.15 bits per heavy atom. The number of rotatable bonds is 5. The van der Waals surface area contributed by atoms with Gasteiger partial charge in [-0.05, 0) is 18.2 Å². The minimum Gasteiger partial charge on any atom is -0.491 e. The lowest BCUT2D eigenvalue weighted by Gasteiger charge is -2.31. The van der Waals surface area contributed by atoms with E-state index in [-0.39, 0.29) is 11.8 Å². The van der Waals surface area contributed by atoms with Crippen LogP contribution in [0.5, 0.6) is 5.75 Å². The average molecular weight is 366 g/mol. The summed E-state index contributed by atoms with van der Waals surface area (Å²) in [6.07, 6.45) is 7.52. The van der Waals surface area contributed by atoms with Crippen molar-refractivity contribution in [3.63, 3.8) is 0 Å². The molecule has 27 heavy (non-hydrogen) atoms. The van der Waals surface area contributed by atoms with Gasteiger partial charge >= 0.3 is 0 Å². The van der Waals surface area contributed by atoms with Gasteiger partial charge < -0.3 is 9.64 Å².